The average molecular weight is 436 g/mol. The number of halogens is 3. The highest BCUT2D eigenvalue weighted by molar-refractivity contribution is 8.14. The molecule has 3 nitrogen and oxygen atoms in total. The maximum Gasteiger partial charge on any atom is 0.416 e. The second kappa shape index (κ2) is 8.42. The van der Waals surface area contributed by atoms with E-state index in [9.17, 15) is 26.4 Å². The van der Waals surface area contributed by atoms with E-state index in [1.54, 1.807) is 48.5 Å². The Morgan fingerprint density at radius 3 is 1.83 bits per heavy atom. The summed E-state index contributed by atoms with van der Waals surface area (Å²) in [7, 11) is -4.09. The van der Waals surface area contributed by atoms with Crippen molar-refractivity contribution in [1.82, 2.24) is 0 Å². The Morgan fingerprint density at radius 2 is 1.31 bits per heavy atom. The van der Waals surface area contributed by atoms with E-state index in [1.165, 1.54) is 12.1 Å². The lowest BCUT2D eigenvalue weighted by atomic mass is 10.1. The second-order valence-corrected chi connectivity index (χ2v) is 9.57. The molecule has 8 heteroatoms. The lowest BCUT2D eigenvalue weighted by Crippen LogP contribution is -2.27. The van der Waals surface area contributed by atoms with Gasteiger partial charge in [-0.1, -0.05) is 60.3 Å². The molecule has 0 aliphatic rings. The van der Waals surface area contributed by atoms with Crippen LogP contribution in [0.3, 0.4) is 0 Å². The molecule has 0 N–H and O–H groups in total. The minimum atomic E-state index is -4.55. The Balaban J connectivity index is 2.02. The SMILES string of the molecule is O=C(c1ccc(C(F)(F)F)cc1)C(Sc1ccccc1)S(=O)(=O)c1ccccc1. The van der Waals surface area contributed by atoms with Crippen molar-refractivity contribution in [2.45, 2.75) is 20.5 Å². The summed E-state index contributed by atoms with van der Waals surface area (Å²) in [5.74, 6) is -0.781. The Hall–Kier alpha value is -2.58. The Labute approximate surface area is 170 Å². The minimum absolute atomic E-state index is 0.0336. The highest BCUT2D eigenvalue weighted by Crippen LogP contribution is 2.34. The third kappa shape index (κ3) is 4.89. The summed E-state index contributed by atoms with van der Waals surface area (Å²) in [6, 6.07) is 19.5. The molecule has 29 heavy (non-hydrogen) atoms. The molecule has 0 saturated carbocycles. The van der Waals surface area contributed by atoms with Crippen LogP contribution in [0.4, 0.5) is 13.2 Å². The number of alkyl halides is 3. The Bertz CT molecular complexity index is 1080. The first kappa shape index (κ1) is 21.1. The van der Waals surface area contributed by atoms with Gasteiger partial charge in [-0.2, -0.15) is 13.2 Å². The normalized spacial score (nSPS) is 13.1. The zero-order valence-electron chi connectivity index (χ0n) is 14.8. The van der Waals surface area contributed by atoms with Gasteiger partial charge in [-0.25, -0.2) is 8.42 Å². The van der Waals surface area contributed by atoms with Gasteiger partial charge >= 0.3 is 6.18 Å². The van der Waals surface area contributed by atoms with Gasteiger partial charge in [0, 0.05) is 10.5 Å². The van der Waals surface area contributed by atoms with Crippen molar-refractivity contribution >= 4 is 27.4 Å². The van der Waals surface area contributed by atoms with E-state index in [2.05, 4.69) is 0 Å². The van der Waals surface area contributed by atoms with Crippen molar-refractivity contribution < 1.29 is 26.4 Å². The number of Topliss-reactive ketones (excluding diaryl/α,β-unsaturated/α-hetero) is 1. The van der Waals surface area contributed by atoms with Gasteiger partial charge in [0.05, 0.1) is 10.5 Å². The van der Waals surface area contributed by atoms with Crippen LogP contribution in [0.2, 0.25) is 0 Å². The number of rotatable bonds is 6. The zero-order valence-corrected chi connectivity index (χ0v) is 16.5. The highest BCUT2D eigenvalue weighted by atomic mass is 32.3. The predicted octanol–water partition coefficient (Wildman–Crippen LogP) is 5.48. The highest BCUT2D eigenvalue weighted by Gasteiger charge is 2.36. The van der Waals surface area contributed by atoms with Crippen LogP contribution in [0.1, 0.15) is 15.9 Å². The number of carbonyl (C=O) groups is 1. The molecule has 0 fully saturated rings. The van der Waals surface area contributed by atoms with Gasteiger partial charge in [-0.3, -0.25) is 4.79 Å². The molecule has 3 rings (SSSR count). The van der Waals surface area contributed by atoms with E-state index in [0.717, 1.165) is 36.0 Å². The van der Waals surface area contributed by atoms with E-state index in [0.29, 0.717) is 4.90 Å². The van der Waals surface area contributed by atoms with Gasteiger partial charge in [0.15, 0.2) is 20.2 Å². The van der Waals surface area contributed by atoms with Crippen molar-refractivity contribution in [1.29, 1.82) is 0 Å². The largest absolute Gasteiger partial charge is 0.416 e. The summed E-state index contributed by atoms with van der Waals surface area (Å²) in [5, 5.41) is 0. The summed E-state index contributed by atoms with van der Waals surface area (Å²) in [6.45, 7) is 0. The first-order valence-corrected chi connectivity index (χ1v) is 10.8. The number of sulfone groups is 1. The van der Waals surface area contributed by atoms with Crippen LogP contribution >= 0.6 is 11.8 Å². The fourth-order valence-electron chi connectivity index (χ4n) is 2.57. The third-order valence-electron chi connectivity index (χ3n) is 4.05. The monoisotopic (exact) mass is 436 g/mol. The van der Waals surface area contributed by atoms with Crippen LogP contribution in [0.5, 0.6) is 0 Å². The molecular formula is C21H15F3O3S2. The fraction of sp³-hybridized carbons (Fsp3) is 0.0952. The molecule has 150 valence electrons. The van der Waals surface area contributed by atoms with Gasteiger partial charge < -0.3 is 0 Å². The first-order valence-electron chi connectivity index (χ1n) is 8.42. The summed E-state index contributed by atoms with van der Waals surface area (Å²) in [4.78, 5) is 13.6. The number of carbonyl (C=O) groups excluding carboxylic acids is 1. The maximum absolute atomic E-state index is 13.2. The van der Waals surface area contributed by atoms with Crippen LogP contribution in [-0.4, -0.2) is 18.8 Å². The van der Waals surface area contributed by atoms with Crippen LogP contribution in [-0.2, 0) is 16.0 Å². The fourth-order valence-corrected chi connectivity index (χ4v) is 5.75. The van der Waals surface area contributed by atoms with Gasteiger partial charge in [0.2, 0.25) is 0 Å². The molecule has 0 amide bonds. The standard InChI is InChI=1S/C21H15F3O3S2/c22-21(23,24)16-13-11-15(12-14-16)19(25)20(28-17-7-3-1-4-8-17)29(26,27)18-9-5-2-6-10-18/h1-14,20H. The molecule has 1 unspecified atom stereocenters. The van der Waals surface area contributed by atoms with Crippen molar-refractivity contribution in [2.75, 3.05) is 0 Å². The molecule has 0 aromatic heterocycles. The van der Waals surface area contributed by atoms with Crippen molar-refractivity contribution in [3.8, 4) is 0 Å². The van der Waals surface area contributed by atoms with E-state index in [-0.39, 0.29) is 10.5 Å². The van der Waals surface area contributed by atoms with Crippen LogP contribution in [0.15, 0.2) is 94.7 Å². The zero-order chi connectivity index (χ0) is 21.1. The number of thioether (sulfide) groups is 1. The molecule has 3 aromatic rings. The van der Waals surface area contributed by atoms with Crippen LogP contribution < -0.4 is 0 Å². The van der Waals surface area contributed by atoms with E-state index < -0.39 is 31.9 Å². The first-order chi connectivity index (χ1) is 13.7. The maximum atomic E-state index is 13.2. The lowest BCUT2D eigenvalue weighted by molar-refractivity contribution is -0.137. The molecule has 0 aliphatic carbocycles. The smallest absolute Gasteiger partial charge is 0.292 e. The van der Waals surface area contributed by atoms with E-state index >= 15 is 0 Å². The second-order valence-electron chi connectivity index (χ2n) is 6.06. The molecule has 0 radical (unpaired) electrons. The van der Waals surface area contributed by atoms with E-state index in [1.807, 2.05) is 0 Å². The topological polar surface area (TPSA) is 51.2 Å². The minimum Gasteiger partial charge on any atom is -0.292 e. The van der Waals surface area contributed by atoms with Crippen LogP contribution in [0.25, 0.3) is 0 Å². The van der Waals surface area contributed by atoms with Gasteiger partial charge in [-0.15, -0.1) is 0 Å². The lowest BCUT2D eigenvalue weighted by Gasteiger charge is -2.17. The molecule has 0 aliphatic heterocycles. The van der Waals surface area contributed by atoms with Gasteiger partial charge in [0.1, 0.15) is 0 Å². The van der Waals surface area contributed by atoms with Crippen molar-refractivity contribution in [2.24, 2.45) is 0 Å². The summed E-state index contributed by atoms with van der Waals surface area (Å²) < 4.78 is 63.2. The number of ketones is 1. The number of benzene rings is 3. The Morgan fingerprint density at radius 1 is 0.793 bits per heavy atom. The molecule has 0 spiro atoms. The quantitative estimate of drug-likeness (QED) is 0.379. The summed E-state index contributed by atoms with van der Waals surface area (Å²) in [6.07, 6.45) is -4.55. The molecule has 0 bridgehead atoms. The van der Waals surface area contributed by atoms with Crippen molar-refractivity contribution in [3.63, 3.8) is 0 Å². The van der Waals surface area contributed by atoms with Crippen LogP contribution in [0, 0.1) is 0 Å². The molecule has 1 atom stereocenters. The predicted molar refractivity (Wildman–Crippen MR) is 105 cm³/mol. The number of hydrogen-bond donors (Lipinski definition) is 0. The molecule has 0 heterocycles. The Kier molecular flexibility index (Phi) is 6.14. The molecular weight excluding hydrogens is 421 g/mol. The summed E-state index contributed by atoms with van der Waals surface area (Å²) >= 11 is 0.843. The molecule has 0 saturated heterocycles. The third-order valence-corrected chi connectivity index (χ3v) is 7.78. The van der Waals surface area contributed by atoms with E-state index in [4.69, 9.17) is 0 Å². The average Bonchev–Trinajstić information content (AvgIpc) is 2.72. The molecule has 3 aromatic carbocycles. The summed E-state index contributed by atoms with van der Waals surface area (Å²) in [5.41, 5.74) is -1.02. The van der Waals surface area contributed by atoms with Crippen molar-refractivity contribution in [3.05, 3.63) is 96.1 Å². The number of hydrogen-bond acceptors (Lipinski definition) is 4. The van der Waals surface area contributed by atoms with Gasteiger partial charge in [-0.05, 0) is 36.4 Å². The van der Waals surface area contributed by atoms with Gasteiger partial charge in [0.25, 0.3) is 0 Å².